The molecule has 0 aliphatic heterocycles. The fourth-order valence-electron chi connectivity index (χ4n) is 2.39. The number of hydrogen-bond donors (Lipinski definition) is 3. The summed E-state index contributed by atoms with van der Waals surface area (Å²) in [6.45, 7) is 0. The van der Waals surface area contributed by atoms with E-state index in [4.69, 9.17) is 5.84 Å². The normalized spacial score (nSPS) is 20.2. The van der Waals surface area contributed by atoms with Crippen molar-refractivity contribution in [2.45, 2.75) is 18.4 Å². The van der Waals surface area contributed by atoms with Crippen LogP contribution >= 0.6 is 0 Å². The molecule has 102 valence electrons. The largest absolute Gasteiger partial charge is 0.349 e. The first kappa shape index (κ1) is 12.7. The molecular weight excluding hydrogens is 250 g/mol. The second-order valence-electron chi connectivity index (χ2n) is 5.05. The number of hydrazine groups is 1. The highest BCUT2D eigenvalue weighted by Gasteiger charge is 2.39. The molecule has 0 heterocycles. The van der Waals surface area contributed by atoms with Crippen LogP contribution in [-0.4, -0.2) is 11.9 Å². The van der Waals surface area contributed by atoms with E-state index < -0.39 is 0 Å². The molecule has 0 radical (unpaired) electrons. The first-order valence-corrected chi connectivity index (χ1v) is 6.70. The third-order valence-electron chi connectivity index (χ3n) is 3.65. The molecule has 2 atom stereocenters. The summed E-state index contributed by atoms with van der Waals surface area (Å²) in [6, 6.07) is 17.7. The van der Waals surface area contributed by atoms with Crippen molar-refractivity contribution in [1.29, 1.82) is 0 Å². The van der Waals surface area contributed by atoms with Gasteiger partial charge in [-0.1, -0.05) is 30.3 Å². The van der Waals surface area contributed by atoms with E-state index >= 15 is 0 Å². The van der Waals surface area contributed by atoms with Gasteiger partial charge < -0.3 is 10.7 Å². The van der Waals surface area contributed by atoms with E-state index in [1.807, 2.05) is 18.2 Å². The zero-order valence-corrected chi connectivity index (χ0v) is 11.0. The molecule has 4 heteroatoms. The monoisotopic (exact) mass is 267 g/mol. The summed E-state index contributed by atoms with van der Waals surface area (Å²) in [4.78, 5) is 12.1. The Balaban J connectivity index is 1.60. The molecule has 4 nitrogen and oxygen atoms in total. The van der Waals surface area contributed by atoms with Gasteiger partial charge in [-0.25, -0.2) is 0 Å². The summed E-state index contributed by atoms with van der Waals surface area (Å²) in [5, 5.41) is 3.07. The topological polar surface area (TPSA) is 67.1 Å². The van der Waals surface area contributed by atoms with Gasteiger partial charge in [-0.05, 0) is 36.2 Å². The van der Waals surface area contributed by atoms with Gasteiger partial charge >= 0.3 is 0 Å². The molecule has 2 aromatic rings. The van der Waals surface area contributed by atoms with Gasteiger partial charge in [-0.2, -0.15) is 0 Å². The molecule has 1 amide bonds. The maximum absolute atomic E-state index is 12.1. The van der Waals surface area contributed by atoms with Crippen molar-refractivity contribution in [2.24, 2.45) is 5.84 Å². The number of benzene rings is 2. The lowest BCUT2D eigenvalue weighted by molar-refractivity contribution is 0.0950. The number of nitrogens with one attached hydrogen (secondary N) is 2. The number of amides is 1. The molecular formula is C16H17N3O. The number of nitrogen functional groups attached to an aromatic ring is 1. The standard InChI is InChI=1S/C16H17N3O/c17-19-13-8-6-12(7-9-13)16(20)18-15-10-14(15)11-4-2-1-3-5-11/h1-9,14-15,19H,10,17H2,(H,18,20). The van der Waals surface area contributed by atoms with E-state index in [1.165, 1.54) is 5.56 Å². The van der Waals surface area contributed by atoms with Crippen LogP contribution in [0.2, 0.25) is 0 Å². The average molecular weight is 267 g/mol. The van der Waals surface area contributed by atoms with E-state index in [1.54, 1.807) is 24.3 Å². The second kappa shape index (κ2) is 5.35. The minimum Gasteiger partial charge on any atom is -0.349 e. The average Bonchev–Trinajstić information content (AvgIpc) is 3.27. The van der Waals surface area contributed by atoms with Crippen molar-refractivity contribution in [1.82, 2.24) is 5.32 Å². The van der Waals surface area contributed by atoms with Gasteiger partial charge in [-0.3, -0.25) is 10.6 Å². The molecule has 20 heavy (non-hydrogen) atoms. The fourth-order valence-corrected chi connectivity index (χ4v) is 2.39. The SMILES string of the molecule is NNc1ccc(C(=O)NC2CC2c2ccccc2)cc1. The van der Waals surface area contributed by atoms with Gasteiger partial charge in [0.05, 0.1) is 0 Å². The lowest BCUT2D eigenvalue weighted by atomic mass is 10.1. The highest BCUT2D eigenvalue weighted by Crippen LogP contribution is 2.40. The Morgan fingerprint density at radius 2 is 1.75 bits per heavy atom. The third-order valence-corrected chi connectivity index (χ3v) is 3.65. The minimum absolute atomic E-state index is 0.0306. The van der Waals surface area contributed by atoms with Crippen molar-refractivity contribution >= 4 is 11.6 Å². The Kier molecular flexibility index (Phi) is 3.39. The van der Waals surface area contributed by atoms with E-state index in [0.717, 1.165) is 12.1 Å². The van der Waals surface area contributed by atoms with E-state index in [9.17, 15) is 4.79 Å². The summed E-state index contributed by atoms with van der Waals surface area (Å²) in [6.07, 6.45) is 1.01. The quantitative estimate of drug-likeness (QED) is 0.588. The zero-order valence-electron chi connectivity index (χ0n) is 11.0. The first-order valence-electron chi connectivity index (χ1n) is 6.70. The van der Waals surface area contributed by atoms with Gasteiger partial charge in [0.15, 0.2) is 0 Å². The summed E-state index contributed by atoms with van der Waals surface area (Å²) in [5.74, 6) is 5.72. The Morgan fingerprint density at radius 1 is 1.05 bits per heavy atom. The Labute approximate surface area is 118 Å². The van der Waals surface area contributed by atoms with Crippen LogP contribution in [-0.2, 0) is 0 Å². The summed E-state index contributed by atoms with van der Waals surface area (Å²) in [7, 11) is 0. The number of carbonyl (C=O) groups excluding carboxylic acids is 1. The molecule has 3 rings (SSSR count). The van der Waals surface area contributed by atoms with Crippen molar-refractivity contribution < 1.29 is 4.79 Å². The fraction of sp³-hybridized carbons (Fsp3) is 0.188. The van der Waals surface area contributed by atoms with Crippen molar-refractivity contribution in [3.8, 4) is 0 Å². The molecule has 2 unspecified atom stereocenters. The smallest absolute Gasteiger partial charge is 0.251 e. The maximum Gasteiger partial charge on any atom is 0.251 e. The van der Waals surface area contributed by atoms with Gasteiger partial charge in [0.2, 0.25) is 0 Å². The molecule has 4 N–H and O–H groups in total. The number of rotatable bonds is 4. The molecule has 0 spiro atoms. The highest BCUT2D eigenvalue weighted by molar-refractivity contribution is 5.95. The third kappa shape index (κ3) is 2.65. The molecule has 0 saturated heterocycles. The van der Waals surface area contributed by atoms with Crippen LogP contribution in [0.5, 0.6) is 0 Å². The van der Waals surface area contributed by atoms with Crippen molar-refractivity contribution in [3.63, 3.8) is 0 Å². The van der Waals surface area contributed by atoms with Crippen LogP contribution in [0.1, 0.15) is 28.3 Å². The first-order chi connectivity index (χ1) is 9.78. The predicted molar refractivity (Wildman–Crippen MR) is 79.3 cm³/mol. The molecule has 1 aliphatic carbocycles. The van der Waals surface area contributed by atoms with Gasteiger partial charge in [0.25, 0.3) is 5.91 Å². The summed E-state index contributed by atoms with van der Waals surface area (Å²) in [5.41, 5.74) is 5.28. The minimum atomic E-state index is -0.0306. The van der Waals surface area contributed by atoms with Crippen LogP contribution in [0.3, 0.4) is 0 Å². The van der Waals surface area contributed by atoms with Crippen LogP contribution in [0.15, 0.2) is 54.6 Å². The van der Waals surface area contributed by atoms with Crippen molar-refractivity contribution in [2.75, 3.05) is 5.43 Å². The van der Waals surface area contributed by atoms with Crippen LogP contribution < -0.4 is 16.6 Å². The maximum atomic E-state index is 12.1. The highest BCUT2D eigenvalue weighted by atomic mass is 16.1. The van der Waals surface area contributed by atoms with Gasteiger partial charge in [0.1, 0.15) is 0 Å². The molecule has 0 aromatic heterocycles. The van der Waals surface area contributed by atoms with E-state index in [2.05, 4.69) is 22.9 Å². The number of hydrogen-bond acceptors (Lipinski definition) is 3. The molecule has 1 aliphatic rings. The van der Waals surface area contributed by atoms with Crippen LogP contribution in [0.4, 0.5) is 5.69 Å². The van der Waals surface area contributed by atoms with Crippen molar-refractivity contribution in [3.05, 3.63) is 65.7 Å². The van der Waals surface area contributed by atoms with Gasteiger partial charge in [-0.15, -0.1) is 0 Å². The lowest BCUT2D eigenvalue weighted by Gasteiger charge is -2.06. The number of carbonyl (C=O) groups is 1. The molecule has 0 bridgehead atoms. The Bertz CT molecular complexity index is 595. The second-order valence-corrected chi connectivity index (χ2v) is 5.05. The Hall–Kier alpha value is -2.33. The Morgan fingerprint density at radius 3 is 2.40 bits per heavy atom. The summed E-state index contributed by atoms with van der Waals surface area (Å²) >= 11 is 0. The van der Waals surface area contributed by atoms with Crippen LogP contribution in [0, 0.1) is 0 Å². The summed E-state index contributed by atoms with van der Waals surface area (Å²) < 4.78 is 0. The van der Waals surface area contributed by atoms with E-state index in [0.29, 0.717) is 11.5 Å². The number of nitrogens with two attached hydrogens (primary N) is 1. The molecule has 1 saturated carbocycles. The molecule has 1 fully saturated rings. The van der Waals surface area contributed by atoms with Crippen LogP contribution in [0.25, 0.3) is 0 Å². The molecule has 2 aromatic carbocycles. The number of anilines is 1. The van der Waals surface area contributed by atoms with E-state index in [-0.39, 0.29) is 11.9 Å². The zero-order chi connectivity index (χ0) is 13.9. The predicted octanol–water partition coefficient (Wildman–Crippen LogP) is 2.26. The lowest BCUT2D eigenvalue weighted by Crippen LogP contribution is -2.26. The van der Waals surface area contributed by atoms with Gasteiger partial charge in [0, 0.05) is 23.2 Å².